The molecule has 0 bridgehead atoms. The van der Waals surface area contributed by atoms with Crippen molar-refractivity contribution in [2.45, 2.75) is 10.6 Å². The van der Waals surface area contributed by atoms with E-state index in [-0.39, 0.29) is 9.90 Å². The summed E-state index contributed by atoms with van der Waals surface area (Å²) >= 11 is 4.12. The molecule has 10 heteroatoms. The summed E-state index contributed by atoms with van der Waals surface area (Å²) in [6.07, 6.45) is -4.84. The largest absolute Gasteiger partial charge is 0.573 e. The number of benzene rings is 1. The first kappa shape index (κ1) is 16.1. The second kappa shape index (κ2) is 5.85. The van der Waals surface area contributed by atoms with Crippen LogP contribution in [0.1, 0.15) is 0 Å². The lowest BCUT2D eigenvalue weighted by Crippen LogP contribution is -2.17. The number of sulfonamides is 1. The molecule has 0 unspecified atom stereocenters. The van der Waals surface area contributed by atoms with Gasteiger partial charge in [-0.2, -0.15) is 0 Å². The van der Waals surface area contributed by atoms with E-state index in [9.17, 15) is 21.6 Å². The van der Waals surface area contributed by atoms with E-state index in [4.69, 9.17) is 0 Å². The second-order valence-electron chi connectivity index (χ2n) is 3.74. The molecule has 0 aliphatic rings. The average molecular weight is 402 g/mol. The van der Waals surface area contributed by atoms with Crippen LogP contribution in [0.2, 0.25) is 0 Å². The van der Waals surface area contributed by atoms with Crippen molar-refractivity contribution in [1.82, 2.24) is 0 Å². The molecule has 0 amide bonds. The maximum Gasteiger partial charge on any atom is 0.573 e. The van der Waals surface area contributed by atoms with E-state index in [1.807, 2.05) is 0 Å². The van der Waals surface area contributed by atoms with E-state index < -0.39 is 22.1 Å². The van der Waals surface area contributed by atoms with Crippen molar-refractivity contribution in [3.05, 3.63) is 40.2 Å². The number of hydrogen-bond donors (Lipinski definition) is 1. The smallest absolute Gasteiger partial charge is 0.406 e. The van der Waals surface area contributed by atoms with Crippen LogP contribution in [0.25, 0.3) is 0 Å². The quantitative estimate of drug-likeness (QED) is 0.834. The van der Waals surface area contributed by atoms with Gasteiger partial charge in [-0.1, -0.05) is 6.07 Å². The van der Waals surface area contributed by atoms with Crippen LogP contribution in [0.4, 0.5) is 18.9 Å². The molecular weight excluding hydrogens is 395 g/mol. The molecule has 0 atom stereocenters. The van der Waals surface area contributed by atoms with Crippen LogP contribution in [0.5, 0.6) is 5.75 Å². The summed E-state index contributed by atoms with van der Waals surface area (Å²) in [6, 6.07) is 7.54. The lowest BCUT2D eigenvalue weighted by Gasteiger charge is -2.11. The third-order valence-corrected chi connectivity index (χ3v) is 5.63. The van der Waals surface area contributed by atoms with Crippen molar-refractivity contribution in [1.29, 1.82) is 0 Å². The minimum atomic E-state index is -4.84. The summed E-state index contributed by atoms with van der Waals surface area (Å²) in [5, 5.41) is 0. The molecule has 1 heterocycles. The van der Waals surface area contributed by atoms with Crippen molar-refractivity contribution in [3.8, 4) is 5.75 Å². The van der Waals surface area contributed by atoms with Gasteiger partial charge in [-0.25, -0.2) is 8.42 Å². The summed E-state index contributed by atoms with van der Waals surface area (Å²) in [6.45, 7) is 0. The van der Waals surface area contributed by atoms with E-state index in [2.05, 4.69) is 25.4 Å². The third kappa shape index (κ3) is 4.61. The SMILES string of the molecule is O=S(=O)(Nc1cccc(OC(F)(F)F)c1)c1ccc(Br)s1. The molecule has 4 nitrogen and oxygen atoms in total. The van der Waals surface area contributed by atoms with E-state index >= 15 is 0 Å². The summed E-state index contributed by atoms with van der Waals surface area (Å²) in [7, 11) is -3.85. The van der Waals surface area contributed by atoms with Gasteiger partial charge in [0.05, 0.1) is 9.47 Å². The highest BCUT2D eigenvalue weighted by atomic mass is 79.9. The molecule has 0 radical (unpaired) electrons. The number of rotatable bonds is 4. The maximum atomic E-state index is 12.1. The Morgan fingerprint density at radius 1 is 1.19 bits per heavy atom. The van der Waals surface area contributed by atoms with Crippen LogP contribution in [0.15, 0.2) is 44.4 Å². The molecule has 0 aliphatic heterocycles. The minimum absolute atomic E-state index is 0.0266. The molecule has 0 aliphatic carbocycles. The molecule has 2 rings (SSSR count). The molecule has 21 heavy (non-hydrogen) atoms. The number of nitrogens with one attached hydrogen (secondary N) is 1. The standard InChI is InChI=1S/C11H7BrF3NO3S2/c12-9-4-5-10(20-9)21(17,18)16-7-2-1-3-8(6-7)19-11(13,14)15/h1-6,16H. The summed E-state index contributed by atoms with van der Waals surface area (Å²) < 4.78 is 67.0. The Kier molecular flexibility index (Phi) is 4.49. The van der Waals surface area contributed by atoms with E-state index in [1.165, 1.54) is 18.2 Å². The molecule has 114 valence electrons. The first-order chi connectivity index (χ1) is 9.66. The monoisotopic (exact) mass is 401 g/mol. The Morgan fingerprint density at radius 3 is 2.48 bits per heavy atom. The zero-order valence-corrected chi connectivity index (χ0v) is 13.2. The van der Waals surface area contributed by atoms with Gasteiger partial charge in [-0.3, -0.25) is 4.72 Å². The second-order valence-corrected chi connectivity index (χ2v) is 8.11. The summed E-state index contributed by atoms with van der Waals surface area (Å²) in [5.41, 5.74) is -0.0266. The fourth-order valence-electron chi connectivity index (χ4n) is 1.40. The zero-order valence-electron chi connectivity index (χ0n) is 10.0. The van der Waals surface area contributed by atoms with Crippen LogP contribution >= 0.6 is 27.3 Å². The van der Waals surface area contributed by atoms with Gasteiger partial charge in [0.2, 0.25) is 0 Å². The predicted octanol–water partition coefficient (Wildman–Crippen LogP) is 4.21. The number of hydrogen-bond acceptors (Lipinski definition) is 4. The van der Waals surface area contributed by atoms with Crippen molar-refractivity contribution in [2.75, 3.05) is 4.72 Å². The van der Waals surface area contributed by atoms with Gasteiger partial charge in [-0.15, -0.1) is 24.5 Å². The van der Waals surface area contributed by atoms with Crippen LogP contribution in [0, 0.1) is 0 Å². The Balaban J connectivity index is 2.22. The topological polar surface area (TPSA) is 55.4 Å². The van der Waals surface area contributed by atoms with Gasteiger partial charge in [0.1, 0.15) is 9.96 Å². The molecule has 1 aromatic carbocycles. The number of alkyl halides is 3. The van der Waals surface area contributed by atoms with Crippen LogP contribution < -0.4 is 9.46 Å². The first-order valence-electron chi connectivity index (χ1n) is 5.30. The van der Waals surface area contributed by atoms with Gasteiger partial charge in [0, 0.05) is 6.07 Å². The molecule has 0 spiro atoms. The lowest BCUT2D eigenvalue weighted by atomic mass is 10.3. The Labute approximate surface area is 130 Å². The molecular formula is C11H7BrF3NO3S2. The highest BCUT2D eigenvalue weighted by Crippen LogP contribution is 2.29. The van der Waals surface area contributed by atoms with Gasteiger partial charge < -0.3 is 4.74 Å². The minimum Gasteiger partial charge on any atom is -0.406 e. The molecule has 0 saturated heterocycles. The van der Waals surface area contributed by atoms with Gasteiger partial charge in [0.15, 0.2) is 0 Å². The summed E-state index contributed by atoms with van der Waals surface area (Å²) in [4.78, 5) is 0. The highest BCUT2D eigenvalue weighted by molar-refractivity contribution is 9.11. The Hall–Kier alpha value is -1.26. The average Bonchev–Trinajstić information content (AvgIpc) is 2.74. The van der Waals surface area contributed by atoms with Crippen LogP contribution in [-0.4, -0.2) is 14.8 Å². The maximum absolute atomic E-state index is 12.1. The molecule has 1 aromatic heterocycles. The summed E-state index contributed by atoms with van der Waals surface area (Å²) in [5.74, 6) is -0.505. The third-order valence-electron chi connectivity index (χ3n) is 2.13. The zero-order chi connectivity index (χ0) is 15.7. The highest BCUT2D eigenvalue weighted by Gasteiger charge is 2.31. The molecule has 2 aromatic rings. The number of halogens is 4. The van der Waals surface area contributed by atoms with Gasteiger partial charge in [0.25, 0.3) is 10.0 Å². The Morgan fingerprint density at radius 2 is 1.90 bits per heavy atom. The van der Waals surface area contributed by atoms with Crippen molar-refractivity contribution in [2.24, 2.45) is 0 Å². The van der Waals surface area contributed by atoms with E-state index in [0.29, 0.717) is 3.79 Å². The molecule has 0 fully saturated rings. The van der Waals surface area contributed by atoms with E-state index in [1.54, 1.807) is 6.07 Å². The van der Waals surface area contributed by atoms with Crippen molar-refractivity contribution < 1.29 is 26.3 Å². The predicted molar refractivity (Wildman–Crippen MR) is 76.0 cm³/mol. The molecule has 1 N–H and O–H groups in total. The number of ether oxygens (including phenoxy) is 1. The number of anilines is 1. The lowest BCUT2D eigenvalue weighted by molar-refractivity contribution is -0.274. The number of thiophene rings is 1. The van der Waals surface area contributed by atoms with Crippen molar-refractivity contribution >= 4 is 43.0 Å². The van der Waals surface area contributed by atoms with E-state index in [0.717, 1.165) is 23.5 Å². The fraction of sp³-hybridized carbons (Fsp3) is 0.0909. The fourth-order valence-corrected chi connectivity index (χ4v) is 4.46. The van der Waals surface area contributed by atoms with Gasteiger partial charge >= 0.3 is 6.36 Å². The normalized spacial score (nSPS) is 12.2. The Bertz CT molecular complexity index is 743. The van der Waals surface area contributed by atoms with Crippen molar-refractivity contribution in [3.63, 3.8) is 0 Å². The van der Waals surface area contributed by atoms with Crippen LogP contribution in [0.3, 0.4) is 0 Å². The molecule has 0 saturated carbocycles. The first-order valence-corrected chi connectivity index (χ1v) is 8.39. The van der Waals surface area contributed by atoms with Crippen LogP contribution in [-0.2, 0) is 10.0 Å². The van der Waals surface area contributed by atoms with Gasteiger partial charge in [-0.05, 0) is 40.2 Å².